The summed E-state index contributed by atoms with van der Waals surface area (Å²) in [6, 6.07) is 0. The summed E-state index contributed by atoms with van der Waals surface area (Å²) in [5.41, 5.74) is 0.308. The van der Waals surface area contributed by atoms with Gasteiger partial charge in [-0.15, -0.1) is 0 Å². The molecule has 0 bridgehead atoms. The van der Waals surface area contributed by atoms with Gasteiger partial charge in [0.1, 0.15) is 0 Å². The maximum Gasteiger partial charge on any atom is 0.303 e. The molecule has 0 aromatic rings. The zero-order valence-corrected chi connectivity index (χ0v) is 10.9. The standard InChI is InChI=1S/C13H23NO3/c1-3-13(4-2)8-9-14(10-13)11(15)6-5-7-12(16)17/h3-10H2,1-2H3,(H,16,17). The number of rotatable bonds is 6. The summed E-state index contributed by atoms with van der Waals surface area (Å²) in [6.07, 6.45) is 4.23. The van der Waals surface area contributed by atoms with Crippen molar-refractivity contribution < 1.29 is 14.7 Å². The summed E-state index contributed by atoms with van der Waals surface area (Å²) in [5.74, 6) is -0.703. The van der Waals surface area contributed by atoms with Gasteiger partial charge in [-0.3, -0.25) is 9.59 Å². The van der Waals surface area contributed by atoms with Crippen molar-refractivity contribution in [1.82, 2.24) is 4.90 Å². The monoisotopic (exact) mass is 241 g/mol. The van der Waals surface area contributed by atoms with E-state index in [1.54, 1.807) is 0 Å². The van der Waals surface area contributed by atoms with E-state index in [2.05, 4.69) is 13.8 Å². The molecule has 0 aromatic heterocycles. The first-order chi connectivity index (χ1) is 8.03. The summed E-state index contributed by atoms with van der Waals surface area (Å²) < 4.78 is 0. The molecule has 98 valence electrons. The predicted molar refractivity (Wildman–Crippen MR) is 65.7 cm³/mol. The first kappa shape index (κ1) is 14.0. The number of carboxylic acid groups (broad SMARTS) is 1. The van der Waals surface area contributed by atoms with Gasteiger partial charge in [-0.1, -0.05) is 13.8 Å². The largest absolute Gasteiger partial charge is 0.481 e. The molecule has 0 aliphatic carbocycles. The van der Waals surface area contributed by atoms with Crippen LogP contribution < -0.4 is 0 Å². The van der Waals surface area contributed by atoms with E-state index < -0.39 is 5.97 Å². The van der Waals surface area contributed by atoms with Crippen molar-refractivity contribution in [3.8, 4) is 0 Å². The van der Waals surface area contributed by atoms with Gasteiger partial charge in [-0.05, 0) is 31.1 Å². The Morgan fingerprint density at radius 2 is 1.88 bits per heavy atom. The summed E-state index contributed by atoms with van der Waals surface area (Å²) in [4.78, 5) is 24.2. The lowest BCUT2D eigenvalue weighted by atomic mass is 9.82. The van der Waals surface area contributed by atoms with Crippen LogP contribution in [-0.4, -0.2) is 35.0 Å². The zero-order chi connectivity index (χ0) is 12.9. The highest BCUT2D eigenvalue weighted by Crippen LogP contribution is 2.37. The Morgan fingerprint density at radius 1 is 1.24 bits per heavy atom. The molecule has 1 saturated heterocycles. The maximum atomic E-state index is 11.9. The molecular weight excluding hydrogens is 218 g/mol. The number of nitrogens with zero attached hydrogens (tertiary/aromatic N) is 1. The van der Waals surface area contributed by atoms with Gasteiger partial charge < -0.3 is 10.0 Å². The highest BCUT2D eigenvalue weighted by Gasteiger charge is 2.36. The summed E-state index contributed by atoms with van der Waals surface area (Å²) in [7, 11) is 0. The first-order valence-corrected chi connectivity index (χ1v) is 6.52. The minimum absolute atomic E-state index is 0.0896. The molecule has 1 amide bonds. The van der Waals surface area contributed by atoms with Crippen molar-refractivity contribution in [2.45, 2.75) is 52.4 Å². The number of carbonyl (C=O) groups is 2. The molecule has 0 spiro atoms. The van der Waals surface area contributed by atoms with E-state index in [0.29, 0.717) is 18.3 Å². The molecule has 1 aliphatic heterocycles. The summed E-state index contributed by atoms with van der Waals surface area (Å²) in [6.45, 7) is 6.06. The molecule has 4 heteroatoms. The topological polar surface area (TPSA) is 57.6 Å². The average Bonchev–Trinajstić information content (AvgIpc) is 2.73. The van der Waals surface area contributed by atoms with Gasteiger partial charge in [0.25, 0.3) is 0 Å². The Bertz CT molecular complexity index is 284. The maximum absolute atomic E-state index is 11.9. The second kappa shape index (κ2) is 6.03. The normalized spacial score (nSPS) is 18.4. The molecule has 0 atom stereocenters. The van der Waals surface area contributed by atoms with Crippen LogP contribution in [0.2, 0.25) is 0 Å². The molecule has 1 aliphatic rings. The number of likely N-dealkylation sites (tertiary alicyclic amines) is 1. The van der Waals surface area contributed by atoms with Gasteiger partial charge in [0, 0.05) is 25.9 Å². The van der Waals surface area contributed by atoms with Crippen LogP contribution >= 0.6 is 0 Å². The third-order valence-electron chi connectivity index (χ3n) is 4.07. The molecule has 0 radical (unpaired) electrons. The Balaban J connectivity index is 2.37. The smallest absolute Gasteiger partial charge is 0.303 e. The fourth-order valence-corrected chi connectivity index (χ4v) is 2.52. The molecule has 0 unspecified atom stereocenters. The lowest BCUT2D eigenvalue weighted by molar-refractivity contribution is -0.137. The Labute approximate surface area is 103 Å². The summed E-state index contributed by atoms with van der Waals surface area (Å²) >= 11 is 0. The average molecular weight is 241 g/mol. The van der Waals surface area contributed by atoms with Crippen LogP contribution in [0, 0.1) is 5.41 Å². The predicted octanol–water partition coefficient (Wildman–Crippen LogP) is 2.28. The SMILES string of the molecule is CCC1(CC)CCN(C(=O)CCCC(=O)O)C1. The van der Waals surface area contributed by atoms with E-state index in [4.69, 9.17) is 5.11 Å². The van der Waals surface area contributed by atoms with Crippen LogP contribution in [-0.2, 0) is 9.59 Å². The van der Waals surface area contributed by atoms with Crippen LogP contribution in [0.5, 0.6) is 0 Å². The first-order valence-electron chi connectivity index (χ1n) is 6.52. The zero-order valence-electron chi connectivity index (χ0n) is 10.9. The third kappa shape index (κ3) is 3.72. The molecular formula is C13H23NO3. The highest BCUT2D eigenvalue weighted by atomic mass is 16.4. The van der Waals surface area contributed by atoms with Crippen molar-refractivity contribution in [3.63, 3.8) is 0 Å². The van der Waals surface area contributed by atoms with Gasteiger partial charge in [0.15, 0.2) is 0 Å². The van der Waals surface area contributed by atoms with E-state index in [-0.39, 0.29) is 12.3 Å². The van der Waals surface area contributed by atoms with Gasteiger partial charge in [0.2, 0.25) is 5.91 Å². The second-order valence-electron chi connectivity index (χ2n) is 5.02. The molecule has 0 saturated carbocycles. The Hall–Kier alpha value is -1.06. The quantitative estimate of drug-likeness (QED) is 0.776. The second-order valence-corrected chi connectivity index (χ2v) is 5.02. The van der Waals surface area contributed by atoms with Crippen molar-refractivity contribution in [2.75, 3.05) is 13.1 Å². The fourth-order valence-electron chi connectivity index (χ4n) is 2.52. The number of carbonyl (C=O) groups excluding carboxylic acids is 1. The third-order valence-corrected chi connectivity index (χ3v) is 4.07. The van der Waals surface area contributed by atoms with E-state index in [0.717, 1.165) is 32.4 Å². The lowest BCUT2D eigenvalue weighted by Gasteiger charge is -2.26. The van der Waals surface area contributed by atoms with E-state index in [1.807, 2.05) is 4.90 Å². The van der Waals surface area contributed by atoms with Crippen LogP contribution in [0.25, 0.3) is 0 Å². The van der Waals surface area contributed by atoms with Crippen molar-refractivity contribution >= 4 is 11.9 Å². The Kier molecular flexibility index (Phi) is 4.97. The molecule has 1 fully saturated rings. The number of aliphatic carboxylic acids is 1. The lowest BCUT2D eigenvalue weighted by Crippen LogP contribution is -2.31. The van der Waals surface area contributed by atoms with Crippen LogP contribution in [0.15, 0.2) is 0 Å². The highest BCUT2D eigenvalue weighted by molar-refractivity contribution is 5.77. The van der Waals surface area contributed by atoms with E-state index in [1.165, 1.54) is 0 Å². The molecule has 0 aromatic carbocycles. The van der Waals surface area contributed by atoms with E-state index in [9.17, 15) is 9.59 Å². The molecule has 1 rings (SSSR count). The van der Waals surface area contributed by atoms with Gasteiger partial charge >= 0.3 is 5.97 Å². The van der Waals surface area contributed by atoms with Crippen LogP contribution in [0.1, 0.15) is 52.4 Å². The number of amides is 1. The molecule has 1 heterocycles. The van der Waals surface area contributed by atoms with Gasteiger partial charge in [-0.2, -0.15) is 0 Å². The van der Waals surface area contributed by atoms with Gasteiger partial charge in [0.05, 0.1) is 0 Å². The minimum Gasteiger partial charge on any atom is -0.481 e. The van der Waals surface area contributed by atoms with Gasteiger partial charge in [-0.25, -0.2) is 0 Å². The number of carboxylic acids is 1. The fraction of sp³-hybridized carbons (Fsp3) is 0.846. The van der Waals surface area contributed by atoms with Crippen molar-refractivity contribution in [2.24, 2.45) is 5.41 Å². The number of hydrogen-bond acceptors (Lipinski definition) is 2. The molecule has 4 nitrogen and oxygen atoms in total. The van der Waals surface area contributed by atoms with E-state index >= 15 is 0 Å². The Morgan fingerprint density at radius 3 is 2.35 bits per heavy atom. The van der Waals surface area contributed by atoms with Crippen molar-refractivity contribution in [3.05, 3.63) is 0 Å². The van der Waals surface area contributed by atoms with Crippen molar-refractivity contribution in [1.29, 1.82) is 0 Å². The van der Waals surface area contributed by atoms with Crippen LogP contribution in [0.3, 0.4) is 0 Å². The summed E-state index contributed by atoms with van der Waals surface area (Å²) in [5, 5.41) is 8.53. The van der Waals surface area contributed by atoms with Crippen LogP contribution in [0.4, 0.5) is 0 Å². The minimum atomic E-state index is -0.823. The molecule has 1 N–H and O–H groups in total. The molecule has 17 heavy (non-hydrogen) atoms. The number of hydrogen-bond donors (Lipinski definition) is 1.